The molecule has 0 spiro atoms. The number of benzene rings is 3. The maximum atomic E-state index is 14.5. The molecule has 48 heavy (non-hydrogen) atoms. The molecule has 1 aliphatic carbocycles. The zero-order valence-corrected chi connectivity index (χ0v) is 27.8. The third kappa shape index (κ3) is 6.67. The summed E-state index contributed by atoms with van der Waals surface area (Å²) in [5, 5.41) is 7.03. The number of allylic oxidation sites excluding steroid dienone is 1. The summed E-state index contributed by atoms with van der Waals surface area (Å²) in [6.07, 6.45) is 8.69. The zero-order chi connectivity index (χ0) is 33.1. The molecule has 4 aromatic rings. The number of carbonyl (C=O) groups excluding carboxylic acids is 3. The standard InChI is InChI=1S/C38H40N4O5S/c1-46-36(45)38-23-27(38)14-8-3-2-4-9-16-31(39-28-20-18-26(19-21-28)25-12-6-5-7-13-25)35(44)42-24-29(22-32(42)34(43)41-38)47-37-40-30-15-10-11-17-33(30)48-37/h5-8,10-15,17-21,27,29,31-32,39H,2-4,9,16,22-24H2,1H3,(H,41,43)/t27-,29-,31+,32+,38-/m1/s1. The number of nitrogens with one attached hydrogen (secondary N) is 2. The normalized spacial score (nSPS) is 26.1. The second-order valence-electron chi connectivity index (χ2n) is 12.9. The van der Waals surface area contributed by atoms with Crippen LogP contribution < -0.4 is 15.4 Å². The number of amides is 2. The fourth-order valence-electron chi connectivity index (χ4n) is 6.95. The number of anilines is 1. The maximum Gasteiger partial charge on any atom is 0.332 e. The number of fused-ring (bicyclic) bond motifs is 3. The quantitative estimate of drug-likeness (QED) is 0.182. The molecule has 0 bridgehead atoms. The minimum Gasteiger partial charge on any atom is -0.467 e. The first-order chi connectivity index (χ1) is 23.4. The summed E-state index contributed by atoms with van der Waals surface area (Å²) in [4.78, 5) is 47.9. The number of nitrogens with zero attached hydrogens (tertiary/aromatic N) is 2. The Hall–Kier alpha value is -4.70. The molecule has 1 aromatic heterocycles. The summed E-state index contributed by atoms with van der Waals surface area (Å²) >= 11 is 1.44. The number of thiazole rings is 1. The van der Waals surface area contributed by atoms with Crippen LogP contribution in [0.4, 0.5) is 5.69 Å². The van der Waals surface area contributed by atoms with Crippen LogP contribution in [0, 0.1) is 5.92 Å². The lowest BCUT2D eigenvalue weighted by Gasteiger charge is -2.30. The number of rotatable bonds is 6. The third-order valence-electron chi connectivity index (χ3n) is 9.66. The molecule has 2 N–H and O–H groups in total. The van der Waals surface area contributed by atoms with Gasteiger partial charge in [-0.05, 0) is 61.1 Å². The summed E-state index contributed by atoms with van der Waals surface area (Å²) in [6.45, 7) is 0.229. The smallest absolute Gasteiger partial charge is 0.332 e. The molecule has 3 heterocycles. The van der Waals surface area contributed by atoms with Gasteiger partial charge < -0.3 is 25.0 Å². The Morgan fingerprint density at radius 3 is 2.54 bits per heavy atom. The monoisotopic (exact) mass is 664 g/mol. The van der Waals surface area contributed by atoms with E-state index in [-0.39, 0.29) is 30.7 Å². The number of hydrogen-bond acceptors (Lipinski definition) is 8. The number of carbonyl (C=O) groups is 3. The average molecular weight is 665 g/mol. The number of aromatic nitrogens is 1. The summed E-state index contributed by atoms with van der Waals surface area (Å²) in [5.41, 5.74) is 2.76. The van der Waals surface area contributed by atoms with Crippen molar-refractivity contribution in [2.75, 3.05) is 19.0 Å². The Bertz CT molecular complexity index is 1780. The number of ether oxygens (including phenoxy) is 2. The SMILES string of the molecule is COC(=O)[C@@]12C[C@H]1C=CCCCCC[C@H](Nc1ccc(-c3ccccc3)cc1)C(=O)N1C[C@H](Oc3nc4ccccc4s3)C[C@H]1C(=O)N2. The van der Waals surface area contributed by atoms with Crippen LogP contribution in [0.5, 0.6) is 5.19 Å². The molecule has 2 amide bonds. The van der Waals surface area contributed by atoms with Gasteiger partial charge in [0.1, 0.15) is 23.7 Å². The molecule has 0 unspecified atom stereocenters. The Morgan fingerprint density at radius 1 is 0.979 bits per heavy atom. The van der Waals surface area contributed by atoms with Gasteiger partial charge >= 0.3 is 5.97 Å². The lowest BCUT2D eigenvalue weighted by Crippen LogP contribution is -2.55. The van der Waals surface area contributed by atoms with Crippen molar-refractivity contribution in [3.63, 3.8) is 0 Å². The van der Waals surface area contributed by atoms with Crippen molar-refractivity contribution in [3.8, 4) is 16.3 Å². The van der Waals surface area contributed by atoms with Gasteiger partial charge in [0.2, 0.25) is 11.8 Å². The molecule has 1 saturated carbocycles. The van der Waals surface area contributed by atoms with Gasteiger partial charge in [0.05, 0.1) is 23.9 Å². The Labute approximate surface area is 284 Å². The van der Waals surface area contributed by atoms with E-state index in [0.29, 0.717) is 18.0 Å². The molecule has 1 saturated heterocycles. The van der Waals surface area contributed by atoms with Gasteiger partial charge in [-0.1, -0.05) is 90.9 Å². The first-order valence-electron chi connectivity index (χ1n) is 16.8. The molecule has 2 fully saturated rings. The summed E-state index contributed by atoms with van der Waals surface area (Å²) in [7, 11) is 1.34. The van der Waals surface area contributed by atoms with Crippen molar-refractivity contribution >= 4 is 45.0 Å². The van der Waals surface area contributed by atoms with Crippen LogP contribution in [0.25, 0.3) is 21.3 Å². The first kappa shape index (κ1) is 31.9. The number of para-hydroxylation sites is 1. The Morgan fingerprint density at radius 2 is 1.75 bits per heavy atom. The minimum absolute atomic E-state index is 0.146. The molecule has 0 radical (unpaired) electrons. The fourth-order valence-corrected chi connectivity index (χ4v) is 7.83. The molecule has 10 heteroatoms. The number of methoxy groups -OCH3 is 1. The number of esters is 1. The summed E-state index contributed by atoms with van der Waals surface area (Å²) in [5.74, 6) is -1.15. The highest BCUT2D eigenvalue weighted by molar-refractivity contribution is 7.20. The first-order valence-corrected chi connectivity index (χ1v) is 17.6. The van der Waals surface area contributed by atoms with Gasteiger partial charge in [-0.2, -0.15) is 0 Å². The van der Waals surface area contributed by atoms with Crippen LogP contribution in [-0.2, 0) is 19.1 Å². The molecule has 2 aliphatic heterocycles. The minimum atomic E-state index is -1.12. The van der Waals surface area contributed by atoms with Gasteiger partial charge in [0.25, 0.3) is 5.19 Å². The zero-order valence-electron chi connectivity index (χ0n) is 27.0. The molecule has 248 valence electrons. The second kappa shape index (κ2) is 13.8. The van der Waals surface area contributed by atoms with E-state index in [1.54, 1.807) is 4.90 Å². The van der Waals surface area contributed by atoms with Crippen molar-refractivity contribution in [2.45, 2.75) is 68.7 Å². The van der Waals surface area contributed by atoms with Gasteiger partial charge in [0, 0.05) is 18.0 Å². The average Bonchev–Trinajstić information content (AvgIpc) is 3.41. The second-order valence-corrected chi connectivity index (χ2v) is 13.9. The van der Waals surface area contributed by atoms with Crippen LogP contribution in [-0.4, -0.2) is 65.0 Å². The highest BCUT2D eigenvalue weighted by Gasteiger charge is 2.62. The van der Waals surface area contributed by atoms with Crippen molar-refractivity contribution in [1.82, 2.24) is 15.2 Å². The van der Waals surface area contributed by atoms with Crippen LogP contribution in [0.15, 0.2) is 91.0 Å². The molecule has 3 aromatic carbocycles. The fraction of sp³-hybridized carbons (Fsp3) is 0.368. The van der Waals surface area contributed by atoms with Crippen LogP contribution >= 0.6 is 11.3 Å². The van der Waals surface area contributed by atoms with Crippen molar-refractivity contribution in [1.29, 1.82) is 0 Å². The highest BCUT2D eigenvalue weighted by atomic mass is 32.1. The lowest BCUT2D eigenvalue weighted by molar-refractivity contribution is -0.148. The molecule has 7 rings (SSSR count). The van der Waals surface area contributed by atoms with Gasteiger partial charge in [-0.3, -0.25) is 9.59 Å². The van der Waals surface area contributed by atoms with Crippen molar-refractivity contribution in [3.05, 3.63) is 91.0 Å². The molecule has 3 aliphatic rings. The molecular weight excluding hydrogens is 625 g/mol. The van der Waals surface area contributed by atoms with E-state index in [4.69, 9.17) is 9.47 Å². The molecule has 9 nitrogen and oxygen atoms in total. The summed E-state index contributed by atoms with van der Waals surface area (Å²) in [6, 6.07) is 24.7. The number of hydrogen-bond donors (Lipinski definition) is 2. The molecule has 5 atom stereocenters. The van der Waals surface area contributed by atoms with E-state index >= 15 is 0 Å². The predicted octanol–water partition coefficient (Wildman–Crippen LogP) is 6.36. The van der Waals surface area contributed by atoms with Gasteiger partial charge in [-0.25, -0.2) is 9.78 Å². The van der Waals surface area contributed by atoms with Crippen molar-refractivity contribution in [2.24, 2.45) is 5.92 Å². The largest absolute Gasteiger partial charge is 0.467 e. The van der Waals surface area contributed by atoms with Gasteiger partial charge in [0.15, 0.2) is 0 Å². The van der Waals surface area contributed by atoms with E-state index < -0.39 is 29.7 Å². The molecular formula is C38H40N4O5S. The maximum absolute atomic E-state index is 14.5. The van der Waals surface area contributed by atoms with Gasteiger partial charge in [-0.15, -0.1) is 0 Å². The van der Waals surface area contributed by atoms with Crippen LogP contribution in [0.1, 0.15) is 44.9 Å². The Kier molecular flexibility index (Phi) is 9.17. The topological polar surface area (TPSA) is 110 Å². The van der Waals surface area contributed by atoms with Crippen LogP contribution in [0.2, 0.25) is 0 Å². The Balaban J connectivity index is 1.16. The van der Waals surface area contributed by atoms with Crippen LogP contribution in [0.3, 0.4) is 0 Å². The third-order valence-corrected chi connectivity index (χ3v) is 10.6. The van der Waals surface area contributed by atoms with E-state index in [1.807, 2.05) is 72.8 Å². The summed E-state index contributed by atoms with van der Waals surface area (Å²) < 4.78 is 12.5. The highest BCUT2D eigenvalue weighted by Crippen LogP contribution is 2.46. The predicted molar refractivity (Wildman–Crippen MR) is 187 cm³/mol. The van der Waals surface area contributed by atoms with E-state index in [0.717, 1.165) is 52.7 Å². The van der Waals surface area contributed by atoms with E-state index in [1.165, 1.54) is 18.4 Å². The lowest BCUT2D eigenvalue weighted by atomic mass is 10.0. The van der Waals surface area contributed by atoms with E-state index in [9.17, 15) is 14.4 Å². The van der Waals surface area contributed by atoms with Crippen molar-refractivity contribution < 1.29 is 23.9 Å². The van der Waals surface area contributed by atoms with E-state index in [2.05, 4.69) is 33.8 Å².